The van der Waals surface area contributed by atoms with Crippen LogP contribution in [-0.2, 0) is 0 Å². The van der Waals surface area contributed by atoms with E-state index < -0.39 is 0 Å². The summed E-state index contributed by atoms with van der Waals surface area (Å²) in [6.07, 6.45) is 0. The Kier molecular flexibility index (Phi) is 4.29. The molecule has 0 saturated carbocycles. The molecule has 1 unspecified atom stereocenters. The normalized spacial score (nSPS) is 12.2. The number of carbonyl (C=O) groups excluding carboxylic acids is 1. The first-order valence-electron chi connectivity index (χ1n) is 6.19. The fraction of sp³-hybridized carbons (Fsp3) is 0.385. The third kappa shape index (κ3) is 3.10. The van der Waals surface area contributed by atoms with Gasteiger partial charge in [-0.15, -0.1) is 11.3 Å². The van der Waals surface area contributed by atoms with Crippen molar-refractivity contribution < 1.29 is 4.79 Å². The molecular weight excluding hydrogens is 292 g/mol. The lowest BCUT2D eigenvalue weighted by Gasteiger charge is -2.11. The van der Waals surface area contributed by atoms with Crippen LogP contribution < -0.4 is 16.0 Å². The fourth-order valence-corrected chi connectivity index (χ4v) is 3.38. The molecule has 5 nitrogen and oxygen atoms in total. The molecule has 3 N–H and O–H groups in total. The molecule has 0 spiro atoms. The number of aryl methyl sites for hydroxylation is 1. The van der Waals surface area contributed by atoms with Gasteiger partial charge in [-0.05, 0) is 26.0 Å². The van der Waals surface area contributed by atoms with E-state index in [0.29, 0.717) is 4.88 Å². The van der Waals surface area contributed by atoms with Crippen LogP contribution in [0.2, 0.25) is 0 Å². The van der Waals surface area contributed by atoms with Crippen LogP contribution in [0.5, 0.6) is 0 Å². The first-order chi connectivity index (χ1) is 9.38. The minimum absolute atomic E-state index is 0.0366. The van der Waals surface area contributed by atoms with E-state index in [-0.39, 0.29) is 17.8 Å². The Bertz CT molecular complexity index is 618. The molecule has 2 aromatic rings. The van der Waals surface area contributed by atoms with Crippen molar-refractivity contribution in [2.24, 2.45) is 0 Å². The van der Waals surface area contributed by atoms with Crippen molar-refractivity contribution in [3.8, 4) is 0 Å². The molecule has 0 aliphatic rings. The maximum atomic E-state index is 12.3. The van der Waals surface area contributed by atoms with Crippen LogP contribution in [0.25, 0.3) is 0 Å². The highest BCUT2D eigenvalue weighted by Gasteiger charge is 2.19. The number of aromatic nitrogens is 1. The average molecular weight is 310 g/mol. The van der Waals surface area contributed by atoms with Gasteiger partial charge in [-0.25, -0.2) is 4.98 Å². The Hall–Kier alpha value is -1.60. The molecule has 0 aliphatic carbocycles. The topological polar surface area (TPSA) is 71.2 Å². The number of amides is 1. The first kappa shape index (κ1) is 14.8. The summed E-state index contributed by atoms with van der Waals surface area (Å²) in [7, 11) is 3.74. The van der Waals surface area contributed by atoms with Gasteiger partial charge in [0.1, 0.15) is 10.7 Å². The molecule has 0 aromatic carbocycles. The monoisotopic (exact) mass is 310 g/mol. The van der Waals surface area contributed by atoms with E-state index in [1.807, 2.05) is 45.0 Å². The molecule has 0 fully saturated rings. The van der Waals surface area contributed by atoms with Gasteiger partial charge in [0.15, 0.2) is 5.13 Å². The predicted octanol–water partition coefficient (Wildman–Crippen LogP) is 2.65. The van der Waals surface area contributed by atoms with Gasteiger partial charge < -0.3 is 16.0 Å². The van der Waals surface area contributed by atoms with Crippen LogP contribution in [0.4, 0.5) is 10.9 Å². The number of nitrogen functional groups attached to an aromatic ring is 1. The number of nitrogens with one attached hydrogen (secondary N) is 1. The van der Waals surface area contributed by atoms with E-state index in [1.165, 1.54) is 16.2 Å². The van der Waals surface area contributed by atoms with E-state index in [1.54, 1.807) is 11.3 Å². The smallest absolute Gasteiger partial charge is 0.265 e. The van der Waals surface area contributed by atoms with Crippen LogP contribution in [0.1, 0.15) is 32.4 Å². The minimum atomic E-state index is -0.174. The number of hydrogen-bond donors (Lipinski definition) is 2. The molecule has 20 heavy (non-hydrogen) atoms. The summed E-state index contributed by atoms with van der Waals surface area (Å²) in [6, 6.07) is 4.05. The van der Waals surface area contributed by atoms with Crippen LogP contribution in [-0.4, -0.2) is 25.0 Å². The highest BCUT2D eigenvalue weighted by molar-refractivity contribution is 7.18. The molecule has 1 atom stereocenters. The third-order valence-electron chi connectivity index (χ3n) is 2.77. The molecule has 1 amide bonds. The van der Waals surface area contributed by atoms with E-state index >= 15 is 0 Å². The number of nitrogens with two attached hydrogens (primary N) is 1. The van der Waals surface area contributed by atoms with Crippen molar-refractivity contribution in [2.45, 2.75) is 19.9 Å². The third-order valence-corrected chi connectivity index (χ3v) is 5.19. The van der Waals surface area contributed by atoms with Gasteiger partial charge in [0.25, 0.3) is 5.91 Å². The lowest BCUT2D eigenvalue weighted by Crippen LogP contribution is -2.26. The fourth-order valence-electron chi connectivity index (χ4n) is 1.69. The summed E-state index contributed by atoms with van der Waals surface area (Å²) in [5, 5.41) is 3.69. The van der Waals surface area contributed by atoms with Crippen molar-refractivity contribution in [3.05, 3.63) is 26.8 Å². The molecule has 2 aromatic heterocycles. The summed E-state index contributed by atoms with van der Waals surface area (Å²) in [4.78, 5) is 21.1. The van der Waals surface area contributed by atoms with Crippen LogP contribution in [0.3, 0.4) is 0 Å². The number of rotatable bonds is 4. The van der Waals surface area contributed by atoms with E-state index in [2.05, 4.69) is 10.3 Å². The van der Waals surface area contributed by atoms with Gasteiger partial charge in [0.2, 0.25) is 0 Å². The molecule has 0 aliphatic heterocycles. The number of nitrogens with zero attached hydrogens (tertiary/aromatic N) is 2. The van der Waals surface area contributed by atoms with Gasteiger partial charge in [-0.2, -0.15) is 0 Å². The predicted molar refractivity (Wildman–Crippen MR) is 85.8 cm³/mol. The molecule has 7 heteroatoms. The number of hydrogen-bond acceptors (Lipinski definition) is 6. The van der Waals surface area contributed by atoms with Gasteiger partial charge >= 0.3 is 0 Å². The lowest BCUT2D eigenvalue weighted by molar-refractivity contribution is 0.0945. The molecule has 0 bridgehead atoms. The van der Waals surface area contributed by atoms with Gasteiger partial charge in [0, 0.05) is 23.8 Å². The summed E-state index contributed by atoms with van der Waals surface area (Å²) >= 11 is 2.98. The molecule has 108 valence electrons. The zero-order chi connectivity index (χ0) is 14.9. The van der Waals surface area contributed by atoms with Crippen molar-refractivity contribution in [3.63, 3.8) is 0 Å². The Labute approximate surface area is 126 Å². The van der Waals surface area contributed by atoms with Crippen molar-refractivity contribution in [1.29, 1.82) is 0 Å². The molecule has 0 radical (unpaired) electrons. The van der Waals surface area contributed by atoms with Crippen molar-refractivity contribution >= 4 is 39.5 Å². The Morgan fingerprint density at radius 3 is 2.60 bits per heavy atom. The number of anilines is 2. The zero-order valence-electron chi connectivity index (χ0n) is 11.9. The van der Waals surface area contributed by atoms with E-state index in [0.717, 1.165) is 10.0 Å². The van der Waals surface area contributed by atoms with Gasteiger partial charge in [-0.1, -0.05) is 11.3 Å². The van der Waals surface area contributed by atoms with Crippen molar-refractivity contribution in [1.82, 2.24) is 10.3 Å². The second kappa shape index (κ2) is 5.80. The Morgan fingerprint density at radius 2 is 2.10 bits per heavy atom. The SMILES string of the molecule is Cc1ccc(C(C)NC(=O)c2sc(N(C)C)nc2N)s1. The van der Waals surface area contributed by atoms with Crippen LogP contribution in [0.15, 0.2) is 12.1 Å². The molecule has 0 saturated heterocycles. The second-order valence-corrected chi connectivity index (χ2v) is 7.05. The average Bonchev–Trinajstić information content (AvgIpc) is 2.95. The Balaban J connectivity index is 2.12. The van der Waals surface area contributed by atoms with E-state index in [4.69, 9.17) is 5.73 Å². The van der Waals surface area contributed by atoms with Crippen LogP contribution in [0, 0.1) is 6.92 Å². The van der Waals surface area contributed by atoms with Crippen molar-refractivity contribution in [2.75, 3.05) is 24.7 Å². The maximum absolute atomic E-state index is 12.3. The van der Waals surface area contributed by atoms with E-state index in [9.17, 15) is 4.79 Å². The number of thiazole rings is 1. The van der Waals surface area contributed by atoms with Crippen LogP contribution >= 0.6 is 22.7 Å². The van der Waals surface area contributed by atoms with Gasteiger partial charge in [-0.3, -0.25) is 4.79 Å². The molecule has 2 heterocycles. The molecule has 2 rings (SSSR count). The Morgan fingerprint density at radius 1 is 1.40 bits per heavy atom. The second-order valence-electron chi connectivity index (χ2n) is 4.75. The number of thiophene rings is 1. The largest absolute Gasteiger partial charge is 0.382 e. The van der Waals surface area contributed by atoms with Gasteiger partial charge in [0.05, 0.1) is 6.04 Å². The highest BCUT2D eigenvalue weighted by Crippen LogP contribution is 2.28. The minimum Gasteiger partial charge on any atom is -0.382 e. The maximum Gasteiger partial charge on any atom is 0.265 e. The summed E-state index contributed by atoms with van der Waals surface area (Å²) in [6.45, 7) is 4.01. The number of carbonyl (C=O) groups is 1. The summed E-state index contributed by atoms with van der Waals surface area (Å²) < 4.78 is 0. The quantitative estimate of drug-likeness (QED) is 0.910. The summed E-state index contributed by atoms with van der Waals surface area (Å²) in [5.74, 6) is 0.109. The highest BCUT2D eigenvalue weighted by atomic mass is 32.1. The summed E-state index contributed by atoms with van der Waals surface area (Å²) in [5.41, 5.74) is 5.81. The zero-order valence-corrected chi connectivity index (χ0v) is 13.6. The molecular formula is C13H18N4OS2. The lowest BCUT2D eigenvalue weighted by atomic mass is 10.2. The standard InChI is InChI=1S/C13H18N4OS2/c1-7-5-6-9(19-7)8(2)15-12(18)10-11(14)16-13(20-10)17(3)4/h5-6,8H,14H2,1-4H3,(H,15,18). The first-order valence-corrected chi connectivity index (χ1v) is 7.82.